The molecule has 0 aromatic heterocycles. The summed E-state index contributed by atoms with van der Waals surface area (Å²) in [6, 6.07) is 4.42. The van der Waals surface area contributed by atoms with Crippen LogP contribution in [0, 0.1) is 0 Å². The van der Waals surface area contributed by atoms with E-state index in [0.29, 0.717) is 12.2 Å². The molecule has 1 aliphatic rings. The van der Waals surface area contributed by atoms with Crippen LogP contribution in [0.2, 0.25) is 0 Å². The molecule has 1 aliphatic heterocycles. The smallest absolute Gasteiger partial charge is 0.253 e. The quantitative estimate of drug-likeness (QED) is 0.531. The summed E-state index contributed by atoms with van der Waals surface area (Å²) in [6.07, 6.45) is 3.88. The van der Waals surface area contributed by atoms with Crippen LogP contribution in [0.1, 0.15) is 23.7 Å². The molecule has 10 heteroatoms. The molecule has 2 amide bonds. The van der Waals surface area contributed by atoms with Crippen LogP contribution in [0.3, 0.4) is 0 Å². The Labute approximate surface area is 159 Å². The van der Waals surface area contributed by atoms with Crippen LogP contribution >= 0.6 is 12.4 Å². The maximum atomic E-state index is 12.5. The number of anilines is 2. The summed E-state index contributed by atoms with van der Waals surface area (Å²) < 4.78 is 25.4. The molecule has 8 nitrogen and oxygen atoms in total. The first kappa shape index (κ1) is 21.9. The maximum Gasteiger partial charge on any atom is 0.253 e. The number of amides is 2. The average molecular weight is 403 g/mol. The molecule has 0 bridgehead atoms. The van der Waals surface area contributed by atoms with E-state index in [2.05, 4.69) is 20.7 Å². The standard InChI is InChI=1S/C16H22N4O4S.ClH/c1-11(21)19-13-3-4-15(20-25(2,23)24)14(9-13)16(22)18-10-12-5-7-17-8-6-12;/h3-5,9,17,20H,6-8,10H2,1-2H3,(H,18,22)(H,19,21);1H. The Morgan fingerprint density at radius 3 is 2.58 bits per heavy atom. The lowest BCUT2D eigenvalue weighted by molar-refractivity contribution is -0.114. The van der Waals surface area contributed by atoms with Crippen LogP contribution in [0.4, 0.5) is 11.4 Å². The molecule has 1 aromatic carbocycles. The molecule has 0 saturated heterocycles. The monoisotopic (exact) mass is 402 g/mol. The number of halogens is 1. The molecule has 0 fully saturated rings. The Morgan fingerprint density at radius 2 is 2.00 bits per heavy atom. The first-order valence-corrected chi connectivity index (χ1v) is 9.70. The predicted octanol–water partition coefficient (Wildman–Crippen LogP) is 1.09. The van der Waals surface area contributed by atoms with Crippen molar-refractivity contribution in [1.29, 1.82) is 0 Å². The van der Waals surface area contributed by atoms with Gasteiger partial charge >= 0.3 is 0 Å². The fourth-order valence-corrected chi connectivity index (χ4v) is 3.00. The molecule has 0 saturated carbocycles. The minimum absolute atomic E-state index is 0. The van der Waals surface area contributed by atoms with Gasteiger partial charge in [-0.15, -0.1) is 12.4 Å². The first-order chi connectivity index (χ1) is 11.7. The summed E-state index contributed by atoms with van der Waals surface area (Å²) >= 11 is 0. The van der Waals surface area contributed by atoms with Gasteiger partial charge < -0.3 is 16.0 Å². The second-order valence-electron chi connectivity index (χ2n) is 5.81. The summed E-state index contributed by atoms with van der Waals surface area (Å²) in [7, 11) is -3.54. The van der Waals surface area contributed by atoms with Crippen LogP contribution in [0.5, 0.6) is 0 Å². The lowest BCUT2D eigenvalue weighted by atomic mass is 10.1. The Kier molecular flexibility index (Phi) is 8.07. The van der Waals surface area contributed by atoms with Gasteiger partial charge in [-0.25, -0.2) is 8.42 Å². The molecule has 0 radical (unpaired) electrons. The van der Waals surface area contributed by atoms with Crippen molar-refractivity contribution in [3.8, 4) is 0 Å². The predicted molar refractivity (Wildman–Crippen MR) is 104 cm³/mol. The largest absolute Gasteiger partial charge is 0.348 e. The van der Waals surface area contributed by atoms with Crippen molar-refractivity contribution < 1.29 is 18.0 Å². The normalized spacial score (nSPS) is 13.8. The van der Waals surface area contributed by atoms with E-state index in [9.17, 15) is 18.0 Å². The van der Waals surface area contributed by atoms with E-state index in [0.717, 1.165) is 31.3 Å². The lowest BCUT2D eigenvalue weighted by Crippen LogP contribution is -2.30. The van der Waals surface area contributed by atoms with E-state index < -0.39 is 15.9 Å². The SMILES string of the molecule is CC(=O)Nc1ccc(NS(C)(=O)=O)c(C(=O)NCC2=CCNCC2)c1.Cl. The fraction of sp³-hybridized carbons (Fsp3) is 0.375. The molecule has 0 unspecified atom stereocenters. The average Bonchev–Trinajstić information content (AvgIpc) is 2.53. The van der Waals surface area contributed by atoms with Crippen molar-refractivity contribution in [2.75, 3.05) is 35.9 Å². The van der Waals surface area contributed by atoms with E-state index in [1.165, 1.54) is 25.1 Å². The Bertz CT molecular complexity index is 808. The molecular formula is C16H23ClN4O4S. The molecule has 4 N–H and O–H groups in total. The van der Waals surface area contributed by atoms with Crippen molar-refractivity contribution in [3.63, 3.8) is 0 Å². The van der Waals surface area contributed by atoms with Crippen molar-refractivity contribution in [3.05, 3.63) is 35.4 Å². The number of sulfonamides is 1. The van der Waals surface area contributed by atoms with E-state index in [1.54, 1.807) is 0 Å². The molecule has 0 spiro atoms. The maximum absolute atomic E-state index is 12.5. The number of carbonyl (C=O) groups excluding carboxylic acids is 2. The Morgan fingerprint density at radius 1 is 1.27 bits per heavy atom. The third-order valence-corrected chi connectivity index (χ3v) is 4.10. The summed E-state index contributed by atoms with van der Waals surface area (Å²) in [5.41, 5.74) is 1.83. The molecule has 1 aromatic rings. The zero-order valence-corrected chi connectivity index (χ0v) is 16.2. The van der Waals surface area contributed by atoms with E-state index in [4.69, 9.17) is 0 Å². The van der Waals surface area contributed by atoms with E-state index in [1.807, 2.05) is 6.08 Å². The zero-order chi connectivity index (χ0) is 18.4. The second kappa shape index (κ2) is 9.56. The molecular weight excluding hydrogens is 380 g/mol. The minimum Gasteiger partial charge on any atom is -0.348 e. The van der Waals surface area contributed by atoms with Crippen molar-refractivity contribution in [2.45, 2.75) is 13.3 Å². The van der Waals surface area contributed by atoms with Crippen LogP contribution in [0.25, 0.3) is 0 Å². The van der Waals surface area contributed by atoms with Crippen molar-refractivity contribution >= 4 is 45.6 Å². The molecule has 0 aliphatic carbocycles. The Hall–Kier alpha value is -2.10. The van der Waals surface area contributed by atoms with Crippen LogP contribution in [-0.2, 0) is 14.8 Å². The molecule has 1 heterocycles. The van der Waals surface area contributed by atoms with Gasteiger partial charge in [0, 0.05) is 25.7 Å². The van der Waals surface area contributed by atoms with Gasteiger partial charge in [-0.05, 0) is 31.2 Å². The van der Waals surface area contributed by atoms with Crippen LogP contribution < -0.4 is 20.7 Å². The molecule has 144 valence electrons. The molecule has 2 rings (SSSR count). The number of carbonyl (C=O) groups is 2. The van der Waals surface area contributed by atoms with E-state index >= 15 is 0 Å². The number of nitrogens with one attached hydrogen (secondary N) is 4. The number of rotatable bonds is 6. The first-order valence-electron chi connectivity index (χ1n) is 7.81. The van der Waals surface area contributed by atoms with E-state index in [-0.39, 0.29) is 29.6 Å². The lowest BCUT2D eigenvalue weighted by Gasteiger charge is -2.16. The third kappa shape index (κ3) is 7.03. The topological polar surface area (TPSA) is 116 Å². The van der Waals surface area contributed by atoms with Gasteiger partial charge in [-0.1, -0.05) is 11.6 Å². The number of hydrogen-bond acceptors (Lipinski definition) is 5. The highest BCUT2D eigenvalue weighted by molar-refractivity contribution is 7.92. The molecule has 0 atom stereocenters. The second-order valence-corrected chi connectivity index (χ2v) is 7.56. The molecule has 26 heavy (non-hydrogen) atoms. The van der Waals surface area contributed by atoms with Crippen LogP contribution in [-0.4, -0.2) is 46.1 Å². The number of hydrogen-bond donors (Lipinski definition) is 4. The van der Waals surface area contributed by atoms with Gasteiger partial charge in [-0.2, -0.15) is 0 Å². The zero-order valence-electron chi connectivity index (χ0n) is 14.6. The van der Waals surface area contributed by atoms with Crippen molar-refractivity contribution in [1.82, 2.24) is 10.6 Å². The summed E-state index contributed by atoms with van der Waals surface area (Å²) in [5, 5.41) is 8.56. The van der Waals surface area contributed by atoms with Crippen LogP contribution in [0.15, 0.2) is 29.8 Å². The number of benzene rings is 1. The Balaban J connectivity index is 0.00000338. The minimum atomic E-state index is -3.54. The van der Waals surface area contributed by atoms with Gasteiger partial charge in [0.1, 0.15) is 0 Å². The highest BCUT2D eigenvalue weighted by Gasteiger charge is 2.16. The van der Waals surface area contributed by atoms with Gasteiger partial charge in [0.25, 0.3) is 5.91 Å². The third-order valence-electron chi connectivity index (χ3n) is 3.51. The van der Waals surface area contributed by atoms with Gasteiger partial charge in [0.15, 0.2) is 0 Å². The highest BCUT2D eigenvalue weighted by atomic mass is 35.5. The highest BCUT2D eigenvalue weighted by Crippen LogP contribution is 2.22. The van der Waals surface area contributed by atoms with Gasteiger partial charge in [0.2, 0.25) is 15.9 Å². The fourth-order valence-electron chi connectivity index (χ4n) is 2.42. The summed E-state index contributed by atoms with van der Waals surface area (Å²) in [5.74, 6) is -0.701. The van der Waals surface area contributed by atoms with Gasteiger partial charge in [0.05, 0.1) is 17.5 Å². The summed E-state index contributed by atoms with van der Waals surface area (Å²) in [6.45, 7) is 3.37. The van der Waals surface area contributed by atoms with Gasteiger partial charge in [-0.3, -0.25) is 14.3 Å². The summed E-state index contributed by atoms with van der Waals surface area (Å²) in [4.78, 5) is 23.7. The van der Waals surface area contributed by atoms with Crippen molar-refractivity contribution in [2.24, 2.45) is 0 Å².